The monoisotopic (exact) mass is 377 g/mol. The van der Waals surface area contributed by atoms with Crippen molar-refractivity contribution in [3.05, 3.63) is 82.4 Å². The van der Waals surface area contributed by atoms with Crippen LogP contribution in [0.25, 0.3) is 5.65 Å². The predicted octanol–water partition coefficient (Wildman–Crippen LogP) is 2.97. The highest BCUT2D eigenvalue weighted by molar-refractivity contribution is 7.12. The minimum absolute atomic E-state index is 0.197. The van der Waals surface area contributed by atoms with Gasteiger partial charge in [0.15, 0.2) is 11.5 Å². The minimum Gasteiger partial charge on any atom is -0.345 e. The molecular weight excluding hydrogens is 362 g/mol. The van der Waals surface area contributed by atoms with Gasteiger partial charge in [-0.2, -0.15) is 0 Å². The molecule has 0 atom stereocenters. The summed E-state index contributed by atoms with van der Waals surface area (Å²) in [5, 5.41) is 15.6. The van der Waals surface area contributed by atoms with Gasteiger partial charge in [0.25, 0.3) is 11.8 Å². The van der Waals surface area contributed by atoms with Crippen molar-refractivity contribution in [2.24, 2.45) is 0 Å². The lowest BCUT2D eigenvalue weighted by Gasteiger charge is -2.07. The molecule has 2 N–H and O–H groups in total. The highest BCUT2D eigenvalue weighted by Gasteiger charge is 2.11. The van der Waals surface area contributed by atoms with E-state index in [1.165, 1.54) is 11.3 Å². The highest BCUT2D eigenvalue weighted by Crippen LogP contribution is 2.15. The van der Waals surface area contributed by atoms with E-state index < -0.39 is 0 Å². The zero-order chi connectivity index (χ0) is 18.6. The van der Waals surface area contributed by atoms with E-state index in [0.717, 1.165) is 5.65 Å². The number of aromatic nitrogens is 3. The molecule has 0 aliphatic rings. The molecule has 0 unspecified atom stereocenters. The number of anilines is 1. The van der Waals surface area contributed by atoms with E-state index in [-0.39, 0.29) is 18.4 Å². The van der Waals surface area contributed by atoms with Crippen molar-refractivity contribution in [1.82, 2.24) is 19.9 Å². The van der Waals surface area contributed by atoms with E-state index in [9.17, 15) is 9.59 Å². The van der Waals surface area contributed by atoms with Gasteiger partial charge < -0.3 is 10.6 Å². The summed E-state index contributed by atoms with van der Waals surface area (Å²) in [7, 11) is 0. The maximum absolute atomic E-state index is 12.5. The maximum atomic E-state index is 12.5. The van der Waals surface area contributed by atoms with Crippen LogP contribution in [-0.2, 0) is 6.54 Å². The van der Waals surface area contributed by atoms with Crippen molar-refractivity contribution in [2.45, 2.75) is 6.54 Å². The molecule has 27 heavy (non-hydrogen) atoms. The van der Waals surface area contributed by atoms with Crippen LogP contribution >= 0.6 is 11.3 Å². The van der Waals surface area contributed by atoms with Gasteiger partial charge in [0.2, 0.25) is 0 Å². The molecule has 3 aromatic heterocycles. The number of carbonyl (C=O) groups excluding carboxylic acids is 2. The Labute approximate surface area is 158 Å². The van der Waals surface area contributed by atoms with Crippen LogP contribution in [0.4, 0.5) is 5.69 Å². The van der Waals surface area contributed by atoms with Crippen LogP contribution in [0, 0.1) is 0 Å². The Bertz CT molecular complexity index is 1100. The van der Waals surface area contributed by atoms with Crippen LogP contribution in [0.15, 0.2) is 66.2 Å². The second kappa shape index (κ2) is 7.38. The summed E-state index contributed by atoms with van der Waals surface area (Å²) in [6, 6.07) is 16.0. The van der Waals surface area contributed by atoms with Crippen molar-refractivity contribution >= 4 is 34.5 Å². The Morgan fingerprint density at radius 1 is 1.00 bits per heavy atom. The maximum Gasteiger partial charge on any atom is 0.265 e. The Balaban J connectivity index is 1.43. The number of hydrogen-bond acceptors (Lipinski definition) is 5. The van der Waals surface area contributed by atoms with Crippen molar-refractivity contribution in [2.75, 3.05) is 5.32 Å². The summed E-state index contributed by atoms with van der Waals surface area (Å²) in [6.45, 7) is 0.246. The Hall–Kier alpha value is -3.52. The standard InChI is InChI=1S/C19H15N5O2S/c25-18(20-12-17-23-22-16-8-1-2-9-24(16)17)13-5-3-6-14(11-13)21-19(26)15-7-4-10-27-15/h1-11H,12H2,(H,20,25)(H,21,26). The molecule has 0 fully saturated rings. The van der Waals surface area contributed by atoms with Crippen LogP contribution in [-0.4, -0.2) is 26.4 Å². The lowest BCUT2D eigenvalue weighted by Crippen LogP contribution is -2.24. The first kappa shape index (κ1) is 16.9. The van der Waals surface area contributed by atoms with Crippen LogP contribution in [0.2, 0.25) is 0 Å². The van der Waals surface area contributed by atoms with E-state index in [4.69, 9.17) is 0 Å². The summed E-state index contributed by atoms with van der Waals surface area (Å²) in [4.78, 5) is 25.2. The van der Waals surface area contributed by atoms with Crippen molar-refractivity contribution < 1.29 is 9.59 Å². The summed E-state index contributed by atoms with van der Waals surface area (Å²) < 4.78 is 1.82. The highest BCUT2D eigenvalue weighted by atomic mass is 32.1. The quantitative estimate of drug-likeness (QED) is 0.560. The third kappa shape index (κ3) is 3.70. The van der Waals surface area contributed by atoms with Gasteiger partial charge in [0, 0.05) is 17.4 Å². The van der Waals surface area contributed by atoms with Gasteiger partial charge in [-0.1, -0.05) is 18.2 Å². The van der Waals surface area contributed by atoms with E-state index in [1.54, 1.807) is 30.3 Å². The Kier molecular flexibility index (Phi) is 4.63. The first-order valence-electron chi connectivity index (χ1n) is 8.22. The normalized spacial score (nSPS) is 10.7. The molecule has 8 heteroatoms. The number of nitrogens with one attached hydrogen (secondary N) is 2. The van der Waals surface area contributed by atoms with Gasteiger partial charge in [0.1, 0.15) is 0 Å². The van der Waals surface area contributed by atoms with Crippen LogP contribution in [0.3, 0.4) is 0 Å². The molecule has 4 rings (SSSR count). The fraction of sp³-hybridized carbons (Fsp3) is 0.0526. The van der Waals surface area contributed by atoms with Crippen molar-refractivity contribution in [3.63, 3.8) is 0 Å². The molecule has 1 aromatic carbocycles. The lowest BCUT2D eigenvalue weighted by atomic mass is 10.2. The number of pyridine rings is 1. The van der Waals surface area contributed by atoms with Gasteiger partial charge in [-0.25, -0.2) is 0 Å². The van der Waals surface area contributed by atoms with Crippen LogP contribution < -0.4 is 10.6 Å². The fourth-order valence-corrected chi connectivity index (χ4v) is 3.23. The molecule has 7 nitrogen and oxygen atoms in total. The second-order valence-corrected chi connectivity index (χ2v) is 6.69. The number of thiophene rings is 1. The summed E-state index contributed by atoms with van der Waals surface area (Å²) in [5.41, 5.74) is 1.74. The molecule has 0 aliphatic heterocycles. The molecule has 0 aliphatic carbocycles. The molecule has 134 valence electrons. The molecule has 2 amide bonds. The Morgan fingerprint density at radius 3 is 2.78 bits per heavy atom. The van der Waals surface area contributed by atoms with E-state index in [1.807, 2.05) is 40.2 Å². The average molecular weight is 377 g/mol. The average Bonchev–Trinajstić information content (AvgIpc) is 3.36. The van der Waals surface area contributed by atoms with Gasteiger partial charge in [0.05, 0.1) is 11.4 Å². The molecular formula is C19H15N5O2S. The van der Waals surface area contributed by atoms with Gasteiger partial charge in [-0.3, -0.25) is 14.0 Å². The van der Waals surface area contributed by atoms with Crippen molar-refractivity contribution in [3.8, 4) is 0 Å². The number of amides is 2. The molecule has 0 spiro atoms. The summed E-state index contributed by atoms with van der Waals surface area (Å²) >= 11 is 1.36. The zero-order valence-corrected chi connectivity index (χ0v) is 14.9. The number of nitrogens with zero attached hydrogens (tertiary/aromatic N) is 3. The topological polar surface area (TPSA) is 88.4 Å². The zero-order valence-electron chi connectivity index (χ0n) is 14.1. The number of hydrogen-bond donors (Lipinski definition) is 2. The van der Waals surface area contributed by atoms with Crippen molar-refractivity contribution in [1.29, 1.82) is 0 Å². The number of rotatable bonds is 5. The molecule has 0 radical (unpaired) electrons. The first-order valence-corrected chi connectivity index (χ1v) is 9.10. The van der Waals surface area contributed by atoms with Gasteiger partial charge >= 0.3 is 0 Å². The first-order chi connectivity index (χ1) is 13.2. The third-order valence-corrected chi connectivity index (χ3v) is 4.79. The number of fused-ring (bicyclic) bond motifs is 1. The second-order valence-electron chi connectivity index (χ2n) is 5.74. The molecule has 3 heterocycles. The van der Waals surface area contributed by atoms with Crippen LogP contribution in [0.5, 0.6) is 0 Å². The van der Waals surface area contributed by atoms with E-state index in [2.05, 4.69) is 20.8 Å². The molecule has 0 saturated carbocycles. The Morgan fingerprint density at radius 2 is 1.93 bits per heavy atom. The van der Waals surface area contributed by atoms with Gasteiger partial charge in [-0.05, 0) is 41.8 Å². The molecule has 4 aromatic rings. The predicted molar refractivity (Wildman–Crippen MR) is 103 cm³/mol. The summed E-state index contributed by atoms with van der Waals surface area (Å²) in [6.07, 6.45) is 1.84. The molecule has 0 saturated heterocycles. The largest absolute Gasteiger partial charge is 0.345 e. The minimum atomic E-state index is -0.255. The SMILES string of the molecule is O=C(NCc1nnc2ccccn12)c1cccc(NC(=O)c2cccs2)c1. The van der Waals surface area contributed by atoms with Crippen LogP contribution in [0.1, 0.15) is 25.9 Å². The third-order valence-electron chi connectivity index (χ3n) is 3.92. The molecule has 0 bridgehead atoms. The number of carbonyl (C=O) groups is 2. The van der Waals surface area contributed by atoms with Gasteiger partial charge in [-0.15, -0.1) is 21.5 Å². The van der Waals surface area contributed by atoms with E-state index >= 15 is 0 Å². The smallest absolute Gasteiger partial charge is 0.265 e. The fourth-order valence-electron chi connectivity index (χ4n) is 2.61. The lowest BCUT2D eigenvalue weighted by molar-refractivity contribution is 0.0948. The number of benzene rings is 1. The van der Waals surface area contributed by atoms with E-state index in [0.29, 0.717) is 22.0 Å². The summed E-state index contributed by atoms with van der Waals surface area (Å²) in [5.74, 6) is 0.188.